The number of rotatable bonds is 1. The maximum absolute atomic E-state index is 11.2. The lowest BCUT2D eigenvalue weighted by Crippen LogP contribution is -2.08. The van der Waals surface area contributed by atoms with E-state index < -0.39 is 0 Å². The Kier molecular flexibility index (Phi) is 2.30. The first kappa shape index (κ1) is 9.16. The fraction of sp³-hybridized carbons (Fsp3) is 0. The minimum absolute atomic E-state index is 0.0290. The second kappa shape index (κ2) is 3.76. The fourth-order valence-electron chi connectivity index (χ4n) is 1.27. The first-order valence-electron chi connectivity index (χ1n) is 4.36. The third-order valence-corrected chi connectivity index (χ3v) is 1.92. The zero-order chi connectivity index (χ0) is 10.7. The van der Waals surface area contributed by atoms with Gasteiger partial charge >= 0.3 is 0 Å². The highest BCUT2D eigenvalue weighted by Gasteiger charge is 2.02. The highest BCUT2D eigenvalue weighted by molar-refractivity contribution is 5.58. The summed E-state index contributed by atoms with van der Waals surface area (Å²) in [6.07, 6.45) is 0. The largest absolute Gasteiger partial charge is 0.298 e. The van der Waals surface area contributed by atoms with Gasteiger partial charge in [0.1, 0.15) is 6.07 Å². The first-order chi connectivity index (χ1) is 7.29. The summed E-state index contributed by atoms with van der Waals surface area (Å²) in [4.78, 5) is 17.5. The normalized spacial score (nSPS) is 9.53. The van der Waals surface area contributed by atoms with Crippen LogP contribution in [0.3, 0.4) is 0 Å². The van der Waals surface area contributed by atoms with Gasteiger partial charge in [-0.3, -0.25) is 9.78 Å². The van der Waals surface area contributed by atoms with Crippen molar-refractivity contribution in [3.63, 3.8) is 0 Å². The van der Waals surface area contributed by atoms with Crippen molar-refractivity contribution < 1.29 is 0 Å². The molecule has 0 saturated heterocycles. The monoisotopic (exact) mass is 197 g/mol. The van der Waals surface area contributed by atoms with Crippen molar-refractivity contribution in [2.75, 3.05) is 0 Å². The van der Waals surface area contributed by atoms with E-state index in [0.717, 1.165) is 5.56 Å². The molecule has 1 N–H and O–H groups in total. The van der Waals surface area contributed by atoms with Gasteiger partial charge in [0.15, 0.2) is 0 Å². The predicted octanol–water partition coefficient (Wildman–Crippen LogP) is 1.31. The summed E-state index contributed by atoms with van der Waals surface area (Å²) >= 11 is 0. The van der Waals surface area contributed by atoms with Gasteiger partial charge in [-0.25, -0.2) is 4.98 Å². The van der Waals surface area contributed by atoms with Crippen LogP contribution in [-0.4, -0.2) is 9.97 Å². The Bertz CT molecular complexity index is 566. The molecule has 0 bridgehead atoms. The molecule has 0 radical (unpaired) electrons. The lowest BCUT2D eigenvalue weighted by atomic mass is 10.1. The number of aromatic nitrogens is 2. The van der Waals surface area contributed by atoms with E-state index in [1.807, 2.05) is 36.4 Å². The van der Waals surface area contributed by atoms with Crippen molar-refractivity contribution >= 4 is 0 Å². The zero-order valence-electron chi connectivity index (χ0n) is 7.77. The van der Waals surface area contributed by atoms with Gasteiger partial charge in [0.05, 0.1) is 5.69 Å². The molecule has 0 aliphatic carbocycles. The molecule has 72 valence electrons. The number of hydrogen-bond donors (Lipinski definition) is 1. The maximum atomic E-state index is 11.2. The minimum Gasteiger partial charge on any atom is -0.298 e. The summed E-state index contributed by atoms with van der Waals surface area (Å²) in [5.74, 6) is 0.0290. The summed E-state index contributed by atoms with van der Waals surface area (Å²) in [5.41, 5.74) is 1.01. The van der Waals surface area contributed by atoms with Gasteiger partial charge in [-0.1, -0.05) is 30.3 Å². The van der Waals surface area contributed by atoms with Crippen LogP contribution in [0.1, 0.15) is 5.82 Å². The molecular formula is C11H7N3O. The molecule has 4 heteroatoms. The van der Waals surface area contributed by atoms with Gasteiger partial charge in [0, 0.05) is 11.6 Å². The Morgan fingerprint density at radius 1 is 1.27 bits per heavy atom. The molecule has 2 rings (SSSR count). The number of aromatic amines is 1. The number of nitrogens with zero attached hydrogens (tertiary/aromatic N) is 2. The number of benzene rings is 1. The highest BCUT2D eigenvalue weighted by atomic mass is 16.1. The van der Waals surface area contributed by atoms with Gasteiger partial charge in [0.2, 0.25) is 5.82 Å². The molecule has 0 atom stereocenters. The summed E-state index contributed by atoms with van der Waals surface area (Å²) < 4.78 is 0. The minimum atomic E-state index is -0.319. The van der Waals surface area contributed by atoms with Crippen LogP contribution in [0, 0.1) is 11.3 Å². The van der Waals surface area contributed by atoms with Crippen molar-refractivity contribution in [1.29, 1.82) is 5.26 Å². The van der Waals surface area contributed by atoms with Crippen LogP contribution >= 0.6 is 0 Å². The van der Waals surface area contributed by atoms with Crippen LogP contribution in [0.4, 0.5) is 0 Å². The van der Waals surface area contributed by atoms with E-state index in [-0.39, 0.29) is 11.4 Å². The van der Waals surface area contributed by atoms with E-state index in [2.05, 4.69) is 9.97 Å². The third kappa shape index (κ3) is 1.92. The third-order valence-electron chi connectivity index (χ3n) is 1.92. The first-order valence-corrected chi connectivity index (χ1v) is 4.36. The molecule has 15 heavy (non-hydrogen) atoms. The lowest BCUT2D eigenvalue weighted by molar-refractivity contribution is 1.08. The second-order valence-corrected chi connectivity index (χ2v) is 2.96. The van der Waals surface area contributed by atoms with Crippen LogP contribution in [0.5, 0.6) is 0 Å². The number of H-pyrrole nitrogens is 1. The quantitative estimate of drug-likeness (QED) is 0.749. The molecule has 0 unspecified atom stereocenters. The maximum Gasteiger partial charge on any atom is 0.252 e. The molecule has 0 amide bonds. The van der Waals surface area contributed by atoms with Crippen LogP contribution in [-0.2, 0) is 0 Å². The molecule has 0 aliphatic rings. The standard InChI is InChI=1S/C11H7N3O/c12-7-10-13-9(6-11(15)14-10)8-4-2-1-3-5-8/h1-6H,(H,13,14,15). The van der Waals surface area contributed by atoms with Gasteiger partial charge < -0.3 is 0 Å². The summed E-state index contributed by atoms with van der Waals surface area (Å²) in [7, 11) is 0. The van der Waals surface area contributed by atoms with E-state index in [4.69, 9.17) is 5.26 Å². The molecule has 1 aromatic heterocycles. The average Bonchev–Trinajstić information content (AvgIpc) is 2.29. The molecule has 0 aliphatic heterocycles. The van der Waals surface area contributed by atoms with Gasteiger partial charge in [0.25, 0.3) is 5.56 Å². The van der Waals surface area contributed by atoms with Crippen molar-refractivity contribution in [3.8, 4) is 17.3 Å². The molecule has 0 fully saturated rings. The Labute approximate surface area is 85.8 Å². The Hall–Kier alpha value is -2.41. The average molecular weight is 197 g/mol. The number of hydrogen-bond acceptors (Lipinski definition) is 3. The Balaban J connectivity index is 2.60. The number of nitrogens with one attached hydrogen (secondary N) is 1. The van der Waals surface area contributed by atoms with Crippen molar-refractivity contribution in [3.05, 3.63) is 52.6 Å². The smallest absolute Gasteiger partial charge is 0.252 e. The van der Waals surface area contributed by atoms with Gasteiger partial charge in [-0.05, 0) is 0 Å². The van der Waals surface area contributed by atoms with Crippen molar-refractivity contribution in [2.24, 2.45) is 0 Å². The van der Waals surface area contributed by atoms with Crippen LogP contribution in [0.25, 0.3) is 11.3 Å². The van der Waals surface area contributed by atoms with Gasteiger partial charge in [-0.15, -0.1) is 0 Å². The van der Waals surface area contributed by atoms with Crippen LogP contribution < -0.4 is 5.56 Å². The number of nitriles is 1. The van der Waals surface area contributed by atoms with Crippen LogP contribution in [0.15, 0.2) is 41.2 Å². The Morgan fingerprint density at radius 2 is 2.00 bits per heavy atom. The van der Waals surface area contributed by atoms with E-state index in [9.17, 15) is 4.79 Å². The predicted molar refractivity (Wildman–Crippen MR) is 55.0 cm³/mol. The van der Waals surface area contributed by atoms with E-state index in [0.29, 0.717) is 5.69 Å². The topological polar surface area (TPSA) is 69.5 Å². The zero-order valence-corrected chi connectivity index (χ0v) is 7.77. The van der Waals surface area contributed by atoms with Crippen LogP contribution in [0.2, 0.25) is 0 Å². The van der Waals surface area contributed by atoms with E-state index in [1.165, 1.54) is 6.07 Å². The molecule has 1 aromatic carbocycles. The molecule has 0 saturated carbocycles. The summed E-state index contributed by atoms with van der Waals surface area (Å²) in [6, 6.07) is 12.4. The Morgan fingerprint density at radius 3 is 2.67 bits per heavy atom. The van der Waals surface area contributed by atoms with E-state index >= 15 is 0 Å². The summed E-state index contributed by atoms with van der Waals surface area (Å²) in [5, 5.41) is 8.65. The van der Waals surface area contributed by atoms with E-state index in [1.54, 1.807) is 0 Å². The van der Waals surface area contributed by atoms with Crippen molar-refractivity contribution in [2.45, 2.75) is 0 Å². The van der Waals surface area contributed by atoms with Crippen molar-refractivity contribution in [1.82, 2.24) is 9.97 Å². The fourth-order valence-corrected chi connectivity index (χ4v) is 1.27. The summed E-state index contributed by atoms with van der Waals surface area (Å²) in [6.45, 7) is 0. The SMILES string of the molecule is N#Cc1nc(-c2ccccc2)cc(=O)[nH]1. The molecule has 1 heterocycles. The lowest BCUT2D eigenvalue weighted by Gasteiger charge is -1.99. The molecule has 4 nitrogen and oxygen atoms in total. The molecular weight excluding hydrogens is 190 g/mol. The highest BCUT2D eigenvalue weighted by Crippen LogP contribution is 2.13. The molecule has 0 spiro atoms. The van der Waals surface area contributed by atoms with Gasteiger partial charge in [-0.2, -0.15) is 5.26 Å². The second-order valence-electron chi connectivity index (χ2n) is 2.96. The molecule has 2 aromatic rings.